The highest BCUT2D eigenvalue weighted by molar-refractivity contribution is 5.73. The molecule has 1 heteroatoms. The van der Waals surface area contributed by atoms with E-state index in [4.69, 9.17) is 0 Å². The first-order chi connectivity index (χ1) is 12.7. The Morgan fingerprint density at radius 1 is 0.808 bits per heavy atom. The quantitative estimate of drug-likeness (QED) is 0.499. The van der Waals surface area contributed by atoms with E-state index in [1.54, 1.807) is 0 Å². The standard InChI is InChI=1S/C25H28N/c1-19-13-14-22(20-9-5-3-6-10-20)17-24(19)25-18-23(15-16-26(25)2)21-11-7-4-8-12-21/h3,5-6,9-10,13-18,21H,4,7-8,11-12H2,1-2H3/q+1. The monoisotopic (exact) mass is 342 g/mol. The van der Waals surface area contributed by atoms with Crippen molar-refractivity contribution in [3.05, 3.63) is 78.0 Å². The third-order valence-electron chi connectivity index (χ3n) is 5.87. The van der Waals surface area contributed by atoms with Crippen molar-refractivity contribution >= 4 is 0 Å². The van der Waals surface area contributed by atoms with Crippen molar-refractivity contribution in [3.63, 3.8) is 0 Å². The summed E-state index contributed by atoms with van der Waals surface area (Å²) in [6.07, 6.45) is 9.09. The number of benzene rings is 2. The van der Waals surface area contributed by atoms with Gasteiger partial charge in [-0.2, -0.15) is 0 Å². The third-order valence-corrected chi connectivity index (χ3v) is 5.87. The third kappa shape index (κ3) is 3.44. The molecule has 0 saturated heterocycles. The number of nitrogens with zero attached hydrogens (tertiary/aromatic N) is 1. The summed E-state index contributed by atoms with van der Waals surface area (Å²) < 4.78 is 2.27. The maximum atomic E-state index is 2.44. The zero-order valence-electron chi connectivity index (χ0n) is 15.9. The average Bonchev–Trinajstić information content (AvgIpc) is 2.70. The minimum absolute atomic E-state index is 0.737. The second-order valence-electron chi connectivity index (χ2n) is 7.69. The van der Waals surface area contributed by atoms with Crippen LogP contribution in [0.15, 0.2) is 66.9 Å². The summed E-state index contributed by atoms with van der Waals surface area (Å²) in [6, 6.07) is 22.3. The lowest BCUT2D eigenvalue weighted by Gasteiger charge is -2.22. The van der Waals surface area contributed by atoms with Crippen LogP contribution >= 0.6 is 0 Å². The Morgan fingerprint density at radius 2 is 1.58 bits per heavy atom. The zero-order chi connectivity index (χ0) is 17.9. The van der Waals surface area contributed by atoms with Crippen LogP contribution in [0.4, 0.5) is 0 Å². The Kier molecular flexibility index (Phi) is 4.88. The summed E-state index contributed by atoms with van der Waals surface area (Å²) in [6.45, 7) is 2.22. The maximum absolute atomic E-state index is 2.44. The molecule has 1 heterocycles. The Morgan fingerprint density at radius 3 is 2.35 bits per heavy atom. The Hall–Kier alpha value is -2.41. The fourth-order valence-corrected chi connectivity index (χ4v) is 4.25. The van der Waals surface area contributed by atoms with E-state index in [1.807, 2.05) is 0 Å². The molecule has 0 bridgehead atoms. The molecule has 0 unspecified atom stereocenters. The molecule has 0 radical (unpaired) electrons. The van der Waals surface area contributed by atoms with Gasteiger partial charge in [-0.05, 0) is 54.0 Å². The lowest BCUT2D eigenvalue weighted by atomic mass is 9.84. The number of hydrogen-bond acceptors (Lipinski definition) is 0. The molecule has 0 atom stereocenters. The molecule has 0 aliphatic heterocycles. The first-order valence-corrected chi connectivity index (χ1v) is 9.88. The van der Waals surface area contributed by atoms with E-state index >= 15 is 0 Å². The van der Waals surface area contributed by atoms with Crippen LogP contribution in [-0.2, 0) is 7.05 Å². The fraction of sp³-hybridized carbons (Fsp3) is 0.320. The van der Waals surface area contributed by atoms with Gasteiger partial charge >= 0.3 is 0 Å². The van der Waals surface area contributed by atoms with Crippen molar-refractivity contribution in [1.82, 2.24) is 0 Å². The molecule has 0 spiro atoms. The van der Waals surface area contributed by atoms with Gasteiger partial charge in [0, 0.05) is 17.7 Å². The molecule has 132 valence electrons. The lowest BCUT2D eigenvalue weighted by Crippen LogP contribution is -2.31. The summed E-state index contributed by atoms with van der Waals surface area (Å²) in [5, 5.41) is 0. The topological polar surface area (TPSA) is 3.88 Å². The van der Waals surface area contributed by atoms with Gasteiger partial charge < -0.3 is 0 Å². The van der Waals surface area contributed by atoms with Crippen molar-refractivity contribution in [2.24, 2.45) is 7.05 Å². The van der Waals surface area contributed by atoms with E-state index in [1.165, 1.54) is 65.6 Å². The predicted octanol–water partition coefficient (Wildman–Crippen LogP) is 6.20. The van der Waals surface area contributed by atoms with Gasteiger partial charge in [0.25, 0.3) is 0 Å². The van der Waals surface area contributed by atoms with Crippen molar-refractivity contribution in [2.45, 2.75) is 44.9 Å². The zero-order valence-corrected chi connectivity index (χ0v) is 15.9. The second-order valence-corrected chi connectivity index (χ2v) is 7.69. The van der Waals surface area contributed by atoms with E-state index in [-0.39, 0.29) is 0 Å². The highest BCUT2D eigenvalue weighted by Gasteiger charge is 2.20. The van der Waals surface area contributed by atoms with Gasteiger partial charge in [0.2, 0.25) is 5.69 Å². The average molecular weight is 343 g/mol. The van der Waals surface area contributed by atoms with Crippen LogP contribution in [0, 0.1) is 6.92 Å². The molecule has 3 aromatic rings. The summed E-state index contributed by atoms with van der Waals surface area (Å²) in [4.78, 5) is 0. The summed E-state index contributed by atoms with van der Waals surface area (Å²) >= 11 is 0. The van der Waals surface area contributed by atoms with Crippen LogP contribution in [0.3, 0.4) is 0 Å². The van der Waals surface area contributed by atoms with E-state index in [0.29, 0.717) is 0 Å². The van der Waals surface area contributed by atoms with Crippen molar-refractivity contribution in [3.8, 4) is 22.4 Å². The lowest BCUT2D eigenvalue weighted by molar-refractivity contribution is -0.660. The van der Waals surface area contributed by atoms with Gasteiger partial charge in [-0.3, -0.25) is 0 Å². The Balaban J connectivity index is 1.77. The Bertz CT molecular complexity index is 889. The van der Waals surface area contributed by atoms with Gasteiger partial charge in [-0.25, -0.2) is 4.57 Å². The predicted molar refractivity (Wildman–Crippen MR) is 109 cm³/mol. The number of aryl methyl sites for hydroxylation is 2. The fourth-order valence-electron chi connectivity index (χ4n) is 4.25. The molecule has 1 saturated carbocycles. The molecule has 1 fully saturated rings. The highest BCUT2D eigenvalue weighted by atomic mass is 14.9. The molecular weight excluding hydrogens is 314 g/mol. The van der Waals surface area contributed by atoms with Crippen LogP contribution in [-0.4, -0.2) is 0 Å². The van der Waals surface area contributed by atoms with Gasteiger partial charge in [0.1, 0.15) is 7.05 Å². The summed E-state index contributed by atoms with van der Waals surface area (Å²) in [5.74, 6) is 0.737. The SMILES string of the molecule is Cc1ccc(-c2ccccc2)cc1-c1cc(C2CCCCC2)cc[n+]1C. The van der Waals surface area contributed by atoms with E-state index in [2.05, 4.69) is 85.4 Å². The molecule has 1 aliphatic rings. The Labute approximate surface area is 157 Å². The molecule has 26 heavy (non-hydrogen) atoms. The molecule has 4 rings (SSSR count). The first-order valence-electron chi connectivity index (χ1n) is 9.88. The van der Waals surface area contributed by atoms with Gasteiger partial charge in [-0.15, -0.1) is 0 Å². The molecule has 0 amide bonds. The van der Waals surface area contributed by atoms with Crippen molar-refractivity contribution in [1.29, 1.82) is 0 Å². The largest absolute Gasteiger partial charge is 0.212 e. The molecule has 2 aromatic carbocycles. The van der Waals surface area contributed by atoms with Crippen molar-refractivity contribution in [2.75, 3.05) is 0 Å². The van der Waals surface area contributed by atoms with E-state index in [0.717, 1.165) is 5.92 Å². The molecule has 0 N–H and O–H groups in total. The van der Waals surface area contributed by atoms with Gasteiger partial charge in [0.15, 0.2) is 6.20 Å². The van der Waals surface area contributed by atoms with E-state index < -0.39 is 0 Å². The van der Waals surface area contributed by atoms with Gasteiger partial charge in [0.05, 0.1) is 0 Å². The van der Waals surface area contributed by atoms with Crippen LogP contribution in [0.1, 0.15) is 49.1 Å². The molecule has 1 aromatic heterocycles. The number of rotatable bonds is 3. The minimum atomic E-state index is 0.737. The smallest absolute Gasteiger partial charge is 0.201 e. The van der Waals surface area contributed by atoms with Crippen LogP contribution in [0.25, 0.3) is 22.4 Å². The number of aromatic nitrogens is 1. The van der Waals surface area contributed by atoms with Gasteiger partial charge in [-0.1, -0.05) is 61.7 Å². The van der Waals surface area contributed by atoms with Crippen molar-refractivity contribution < 1.29 is 4.57 Å². The maximum Gasteiger partial charge on any atom is 0.212 e. The molecular formula is C25H28N+. The molecule has 1 nitrogen and oxygen atoms in total. The molecule has 1 aliphatic carbocycles. The summed E-state index contributed by atoms with van der Waals surface area (Å²) in [7, 11) is 2.16. The van der Waals surface area contributed by atoms with Crippen LogP contribution < -0.4 is 4.57 Å². The number of hydrogen-bond donors (Lipinski definition) is 0. The normalized spacial score (nSPS) is 15.2. The minimum Gasteiger partial charge on any atom is -0.201 e. The van der Waals surface area contributed by atoms with Crippen LogP contribution in [0.2, 0.25) is 0 Å². The van der Waals surface area contributed by atoms with Crippen LogP contribution in [0.5, 0.6) is 0 Å². The highest BCUT2D eigenvalue weighted by Crippen LogP contribution is 2.34. The number of pyridine rings is 1. The first kappa shape index (κ1) is 17.0. The second kappa shape index (κ2) is 7.45. The summed E-state index contributed by atoms with van der Waals surface area (Å²) in [5.41, 5.74) is 8.08. The van der Waals surface area contributed by atoms with E-state index in [9.17, 15) is 0 Å².